The monoisotopic (exact) mass is 460 g/mol. The van der Waals surface area contributed by atoms with E-state index < -0.39 is 6.04 Å². The topological polar surface area (TPSA) is 76.5 Å². The third kappa shape index (κ3) is 5.30. The third-order valence-corrected chi connectivity index (χ3v) is 6.41. The van der Waals surface area contributed by atoms with Crippen LogP contribution in [0.1, 0.15) is 42.9 Å². The molecule has 0 aliphatic carbocycles. The van der Waals surface area contributed by atoms with Gasteiger partial charge in [-0.3, -0.25) is 9.59 Å². The number of rotatable bonds is 9. The lowest BCUT2D eigenvalue weighted by Crippen LogP contribution is -2.48. The molecule has 1 aliphatic heterocycles. The van der Waals surface area contributed by atoms with Gasteiger partial charge in [-0.2, -0.15) is 0 Å². The van der Waals surface area contributed by atoms with Gasteiger partial charge in [-0.1, -0.05) is 35.9 Å². The molecule has 0 bridgehead atoms. The first kappa shape index (κ1) is 23.5. The van der Waals surface area contributed by atoms with Gasteiger partial charge < -0.3 is 19.5 Å². The Morgan fingerprint density at radius 3 is 2.68 bits per heavy atom. The van der Waals surface area contributed by atoms with E-state index in [1.165, 1.54) is 0 Å². The van der Waals surface area contributed by atoms with Gasteiger partial charge >= 0.3 is 0 Å². The van der Waals surface area contributed by atoms with Crippen LogP contribution in [0, 0.1) is 12.8 Å². The van der Waals surface area contributed by atoms with E-state index in [0.29, 0.717) is 25.1 Å². The lowest BCUT2D eigenvalue weighted by atomic mass is 9.82. The second-order valence-corrected chi connectivity index (χ2v) is 8.73. The summed E-state index contributed by atoms with van der Waals surface area (Å²) in [5, 5.41) is 3.12. The van der Waals surface area contributed by atoms with Crippen molar-refractivity contribution in [2.45, 2.75) is 45.2 Å². The molecule has 2 amide bonds. The Hall–Kier alpha value is -3.61. The highest BCUT2D eigenvalue weighted by Gasteiger charge is 2.42. The molecule has 1 fully saturated rings. The number of para-hydroxylation sites is 1. The van der Waals surface area contributed by atoms with Crippen LogP contribution in [-0.4, -0.2) is 35.0 Å². The molecule has 2 unspecified atom stereocenters. The molecule has 1 aromatic heterocycles. The number of ether oxygens (including phenoxy) is 1. The van der Waals surface area contributed by atoms with Crippen molar-refractivity contribution in [2.75, 3.05) is 18.6 Å². The quantitative estimate of drug-likeness (QED) is 0.484. The zero-order chi connectivity index (χ0) is 23.9. The number of nitrogens with one attached hydrogen (secondary N) is 1. The maximum atomic E-state index is 13.4. The molecule has 2 atom stereocenters. The van der Waals surface area contributed by atoms with Gasteiger partial charge in [0, 0.05) is 43.2 Å². The van der Waals surface area contributed by atoms with Crippen molar-refractivity contribution in [1.29, 1.82) is 0 Å². The Morgan fingerprint density at radius 2 is 1.94 bits per heavy atom. The van der Waals surface area contributed by atoms with Crippen LogP contribution in [0.5, 0.6) is 5.75 Å². The van der Waals surface area contributed by atoms with E-state index in [9.17, 15) is 9.59 Å². The summed E-state index contributed by atoms with van der Waals surface area (Å²) in [6.45, 7) is 3.49. The molecule has 7 nitrogen and oxygen atoms in total. The largest absolute Gasteiger partial charge is 0.496 e. The van der Waals surface area contributed by atoms with E-state index in [2.05, 4.69) is 10.3 Å². The molecule has 2 heterocycles. The molecule has 34 heavy (non-hydrogen) atoms. The fourth-order valence-electron chi connectivity index (χ4n) is 4.62. The van der Waals surface area contributed by atoms with Crippen molar-refractivity contribution in [3.63, 3.8) is 0 Å². The minimum Gasteiger partial charge on any atom is -0.496 e. The fraction of sp³-hybridized carbons (Fsp3) is 0.370. The van der Waals surface area contributed by atoms with Crippen molar-refractivity contribution >= 4 is 17.5 Å². The van der Waals surface area contributed by atoms with Gasteiger partial charge in [0.05, 0.1) is 25.4 Å². The molecule has 1 aliphatic rings. The van der Waals surface area contributed by atoms with Gasteiger partial charge in [0.1, 0.15) is 5.75 Å². The SMILES string of the molecule is COc1ccccc1C1C(C(=O)NCCCCn2ccnc2)CCC(=O)N1c1ccc(C)cc1. The maximum absolute atomic E-state index is 13.4. The third-order valence-electron chi connectivity index (χ3n) is 6.41. The van der Waals surface area contributed by atoms with Crippen LogP contribution >= 0.6 is 0 Å². The number of hydrogen-bond donors (Lipinski definition) is 1. The van der Waals surface area contributed by atoms with E-state index in [1.807, 2.05) is 66.2 Å². The van der Waals surface area contributed by atoms with E-state index in [-0.39, 0.29) is 17.7 Å². The number of methoxy groups -OCH3 is 1. The van der Waals surface area contributed by atoms with Crippen molar-refractivity contribution in [2.24, 2.45) is 5.92 Å². The number of nitrogens with zero attached hydrogens (tertiary/aromatic N) is 3. The molecule has 0 spiro atoms. The number of carbonyl (C=O) groups is 2. The van der Waals surface area contributed by atoms with Gasteiger partial charge in [-0.15, -0.1) is 0 Å². The van der Waals surface area contributed by atoms with E-state index >= 15 is 0 Å². The average Bonchev–Trinajstić information content (AvgIpc) is 3.38. The van der Waals surface area contributed by atoms with Crippen LogP contribution < -0.4 is 15.0 Å². The van der Waals surface area contributed by atoms with Gasteiger partial charge in [-0.25, -0.2) is 4.98 Å². The summed E-state index contributed by atoms with van der Waals surface area (Å²) in [7, 11) is 1.62. The van der Waals surface area contributed by atoms with Gasteiger partial charge in [0.15, 0.2) is 0 Å². The van der Waals surface area contributed by atoms with Crippen LogP contribution in [0.25, 0.3) is 0 Å². The lowest BCUT2D eigenvalue weighted by Gasteiger charge is -2.41. The van der Waals surface area contributed by atoms with Gasteiger partial charge in [0.25, 0.3) is 0 Å². The molecule has 1 saturated heterocycles. The number of carbonyl (C=O) groups excluding carboxylic acids is 2. The molecule has 0 saturated carbocycles. The molecule has 4 rings (SSSR count). The number of unbranched alkanes of at least 4 members (excludes halogenated alkanes) is 1. The van der Waals surface area contributed by atoms with E-state index in [0.717, 1.165) is 36.2 Å². The van der Waals surface area contributed by atoms with Crippen molar-refractivity contribution < 1.29 is 14.3 Å². The minimum atomic E-state index is -0.439. The first-order valence-corrected chi connectivity index (χ1v) is 11.8. The molecular weight excluding hydrogens is 428 g/mol. The first-order chi connectivity index (χ1) is 16.6. The second kappa shape index (κ2) is 11.0. The zero-order valence-electron chi connectivity index (χ0n) is 19.8. The highest BCUT2D eigenvalue weighted by molar-refractivity contribution is 5.97. The Morgan fingerprint density at radius 1 is 1.15 bits per heavy atom. The number of aryl methyl sites for hydroxylation is 2. The zero-order valence-corrected chi connectivity index (χ0v) is 19.8. The first-order valence-electron chi connectivity index (χ1n) is 11.8. The molecular formula is C27H32N4O3. The summed E-state index contributed by atoms with van der Waals surface area (Å²) < 4.78 is 7.67. The summed E-state index contributed by atoms with van der Waals surface area (Å²) in [5.74, 6) is 0.300. The Kier molecular flexibility index (Phi) is 7.62. The van der Waals surface area contributed by atoms with Crippen LogP contribution in [0.3, 0.4) is 0 Å². The number of amides is 2. The van der Waals surface area contributed by atoms with Crippen molar-refractivity contribution in [3.8, 4) is 5.75 Å². The summed E-state index contributed by atoms with van der Waals surface area (Å²) in [6.07, 6.45) is 8.17. The van der Waals surface area contributed by atoms with E-state index in [4.69, 9.17) is 4.74 Å². The summed E-state index contributed by atoms with van der Waals surface area (Å²) >= 11 is 0. The average molecular weight is 461 g/mol. The number of aromatic nitrogens is 2. The van der Waals surface area contributed by atoms with Crippen molar-refractivity contribution in [3.05, 3.63) is 78.4 Å². The van der Waals surface area contributed by atoms with Crippen LogP contribution in [-0.2, 0) is 16.1 Å². The van der Waals surface area contributed by atoms with Gasteiger partial charge in [0.2, 0.25) is 11.8 Å². The van der Waals surface area contributed by atoms with Crippen LogP contribution in [0.15, 0.2) is 67.3 Å². The number of imidazole rings is 1. The lowest BCUT2D eigenvalue weighted by molar-refractivity contribution is -0.129. The molecule has 0 radical (unpaired) electrons. The molecule has 178 valence electrons. The Bertz CT molecular complexity index is 1100. The predicted molar refractivity (Wildman–Crippen MR) is 132 cm³/mol. The normalized spacial score (nSPS) is 18.1. The Balaban J connectivity index is 1.55. The molecule has 2 aromatic carbocycles. The number of piperidine rings is 1. The van der Waals surface area contributed by atoms with Crippen LogP contribution in [0.4, 0.5) is 5.69 Å². The highest BCUT2D eigenvalue weighted by atomic mass is 16.5. The smallest absolute Gasteiger partial charge is 0.227 e. The number of hydrogen-bond acceptors (Lipinski definition) is 4. The standard InChI is InChI=1S/C27H32N4O3/c1-20-9-11-21(12-10-20)31-25(32)14-13-23(26(31)22-7-3-4-8-24(22)34-2)27(33)29-15-5-6-17-30-18-16-28-19-30/h3-4,7-12,16,18-19,23,26H,5-6,13-15,17H2,1-2H3,(H,29,33). The summed E-state index contributed by atoms with van der Waals surface area (Å²) in [6, 6.07) is 15.1. The Labute approximate surface area is 200 Å². The second-order valence-electron chi connectivity index (χ2n) is 8.73. The summed E-state index contributed by atoms with van der Waals surface area (Å²) in [5.41, 5.74) is 2.76. The van der Waals surface area contributed by atoms with Gasteiger partial charge in [-0.05, 0) is 44.4 Å². The number of anilines is 1. The summed E-state index contributed by atoms with van der Waals surface area (Å²) in [4.78, 5) is 32.4. The van der Waals surface area contributed by atoms with E-state index in [1.54, 1.807) is 24.5 Å². The van der Waals surface area contributed by atoms with Crippen molar-refractivity contribution in [1.82, 2.24) is 14.9 Å². The predicted octanol–water partition coefficient (Wildman–Crippen LogP) is 4.28. The molecule has 1 N–H and O–H groups in total. The number of benzene rings is 2. The van der Waals surface area contributed by atoms with Crippen LogP contribution in [0.2, 0.25) is 0 Å². The minimum absolute atomic E-state index is 0.0177. The highest BCUT2D eigenvalue weighted by Crippen LogP contribution is 2.43. The molecule has 7 heteroatoms. The maximum Gasteiger partial charge on any atom is 0.227 e. The molecule has 3 aromatic rings. The fourth-order valence-corrected chi connectivity index (χ4v) is 4.62.